The second-order valence-electron chi connectivity index (χ2n) is 8.84. The van der Waals surface area contributed by atoms with Gasteiger partial charge < -0.3 is 21.3 Å². The molecule has 0 saturated carbocycles. The van der Waals surface area contributed by atoms with Crippen LogP contribution in [0.2, 0.25) is 0 Å². The third-order valence-corrected chi connectivity index (χ3v) is 6.85. The van der Waals surface area contributed by atoms with Crippen LogP contribution < -0.4 is 11.1 Å². The molecule has 1 aromatic heterocycles. The van der Waals surface area contributed by atoms with Crippen molar-refractivity contribution in [3.05, 3.63) is 52.7 Å². The number of fused-ring (bicyclic) bond motifs is 1. The maximum absolute atomic E-state index is 13.6. The van der Waals surface area contributed by atoms with Crippen LogP contribution in [0.25, 0.3) is 21.2 Å². The predicted octanol–water partition coefficient (Wildman–Crippen LogP) is 4.22. The molecule has 38 heavy (non-hydrogen) atoms. The fourth-order valence-electron chi connectivity index (χ4n) is 3.49. The first-order valence-corrected chi connectivity index (χ1v) is 11.3. The molecule has 0 radical (unpaired) electrons. The molecule has 0 bridgehead atoms. The van der Waals surface area contributed by atoms with E-state index in [9.17, 15) is 50.9 Å². The second kappa shape index (κ2) is 9.54. The molecule has 0 fully saturated rings. The Balaban J connectivity index is 2.20. The van der Waals surface area contributed by atoms with E-state index in [2.05, 4.69) is 10.3 Å². The standard InChI is InChI=1S/C23H19F6N3O5S/c1-20(2,19(30)36)9-31-16(33)17-32-14(18(34)35)15(38-17)12-7-8-13(11-6-4-3-5-10(11)12)21(37,22(24,25)26)23(27,28)29/h3-8,37H,9H2,1-2H3,(H2,30,36)(H,31,33)(H,34,35). The van der Waals surface area contributed by atoms with Gasteiger partial charge in [-0.2, -0.15) is 26.3 Å². The van der Waals surface area contributed by atoms with Crippen LogP contribution in [0.5, 0.6) is 0 Å². The molecule has 15 heteroatoms. The Bertz CT molecular complexity index is 1420. The van der Waals surface area contributed by atoms with Crippen LogP contribution in [0.3, 0.4) is 0 Å². The van der Waals surface area contributed by atoms with Gasteiger partial charge in [0.1, 0.15) is 0 Å². The van der Waals surface area contributed by atoms with Crippen molar-refractivity contribution in [3.8, 4) is 10.4 Å². The smallest absolute Gasteiger partial charge is 0.430 e. The summed E-state index contributed by atoms with van der Waals surface area (Å²) in [6.07, 6.45) is -12.3. The van der Waals surface area contributed by atoms with Gasteiger partial charge in [-0.15, -0.1) is 11.3 Å². The van der Waals surface area contributed by atoms with Gasteiger partial charge in [-0.1, -0.05) is 36.4 Å². The highest BCUT2D eigenvalue weighted by atomic mass is 32.1. The Morgan fingerprint density at radius 3 is 2.03 bits per heavy atom. The van der Waals surface area contributed by atoms with Crippen LogP contribution in [0.1, 0.15) is 39.7 Å². The average Bonchev–Trinajstić information content (AvgIpc) is 3.25. The summed E-state index contributed by atoms with van der Waals surface area (Å²) in [6.45, 7) is 2.66. The highest BCUT2D eigenvalue weighted by Crippen LogP contribution is 2.52. The molecule has 0 atom stereocenters. The molecule has 1 heterocycles. The number of carboxylic acids is 1. The number of hydrogen-bond acceptors (Lipinski definition) is 6. The summed E-state index contributed by atoms with van der Waals surface area (Å²) >= 11 is 0.520. The third-order valence-electron chi connectivity index (χ3n) is 5.76. The van der Waals surface area contributed by atoms with Gasteiger partial charge in [0.05, 0.1) is 10.3 Å². The van der Waals surface area contributed by atoms with Gasteiger partial charge in [0, 0.05) is 17.7 Å². The normalized spacial score (nSPS) is 13.0. The molecule has 204 valence electrons. The van der Waals surface area contributed by atoms with Crippen LogP contribution in [-0.2, 0) is 10.4 Å². The minimum Gasteiger partial charge on any atom is -0.476 e. The van der Waals surface area contributed by atoms with E-state index in [1.807, 2.05) is 0 Å². The van der Waals surface area contributed by atoms with Crippen molar-refractivity contribution >= 4 is 39.9 Å². The minimum absolute atomic E-state index is 0.137. The molecule has 3 aromatic rings. The first-order valence-electron chi connectivity index (χ1n) is 10.5. The van der Waals surface area contributed by atoms with E-state index >= 15 is 0 Å². The zero-order chi connectivity index (χ0) is 28.8. The number of nitrogens with zero attached hydrogens (tertiary/aromatic N) is 1. The molecule has 8 nitrogen and oxygen atoms in total. The van der Waals surface area contributed by atoms with E-state index in [0.717, 1.165) is 24.3 Å². The molecule has 3 rings (SSSR count). The monoisotopic (exact) mass is 563 g/mol. The predicted molar refractivity (Wildman–Crippen MR) is 123 cm³/mol. The number of aromatic carboxylic acids is 1. The summed E-state index contributed by atoms with van der Waals surface area (Å²) in [6, 6.07) is 5.68. The summed E-state index contributed by atoms with van der Waals surface area (Å²) in [5, 5.41) is 20.7. The second-order valence-corrected chi connectivity index (χ2v) is 9.84. The maximum atomic E-state index is 13.6. The number of nitrogens with one attached hydrogen (secondary N) is 1. The molecular weight excluding hydrogens is 544 g/mol. The maximum Gasteiger partial charge on any atom is 0.430 e. The fourth-order valence-corrected chi connectivity index (χ4v) is 4.50. The van der Waals surface area contributed by atoms with Crippen LogP contribution in [0.15, 0.2) is 36.4 Å². The number of carbonyl (C=O) groups excluding carboxylic acids is 2. The zero-order valence-corrected chi connectivity index (χ0v) is 20.3. The molecule has 0 aliphatic heterocycles. The van der Waals surface area contributed by atoms with E-state index < -0.39 is 62.8 Å². The van der Waals surface area contributed by atoms with Gasteiger partial charge in [-0.25, -0.2) is 9.78 Å². The van der Waals surface area contributed by atoms with Crippen molar-refractivity contribution in [1.29, 1.82) is 0 Å². The molecular formula is C23H19F6N3O5S. The Morgan fingerprint density at radius 1 is 0.974 bits per heavy atom. The molecule has 2 amide bonds. The number of benzene rings is 2. The first kappa shape index (κ1) is 28.8. The van der Waals surface area contributed by atoms with Crippen LogP contribution in [-0.4, -0.2) is 51.9 Å². The number of aromatic nitrogens is 1. The lowest BCUT2D eigenvalue weighted by Crippen LogP contribution is -2.54. The molecule has 0 unspecified atom stereocenters. The lowest BCUT2D eigenvalue weighted by Gasteiger charge is -2.33. The number of alkyl halides is 6. The topological polar surface area (TPSA) is 143 Å². The highest BCUT2D eigenvalue weighted by Gasteiger charge is 2.71. The number of rotatable bonds is 7. The number of carbonyl (C=O) groups is 3. The quantitative estimate of drug-likeness (QED) is 0.317. The van der Waals surface area contributed by atoms with Gasteiger partial charge in [-0.05, 0) is 24.6 Å². The Labute approximate surface area is 214 Å². The molecule has 0 aliphatic rings. The summed E-state index contributed by atoms with van der Waals surface area (Å²) in [7, 11) is 0. The van der Waals surface area contributed by atoms with Crippen molar-refractivity contribution in [3.63, 3.8) is 0 Å². The Hall–Kier alpha value is -3.72. The number of amides is 2. The number of thiazole rings is 1. The van der Waals surface area contributed by atoms with Gasteiger partial charge in [0.25, 0.3) is 11.5 Å². The number of nitrogens with two attached hydrogens (primary N) is 1. The molecule has 0 spiro atoms. The van der Waals surface area contributed by atoms with E-state index in [0.29, 0.717) is 17.4 Å². The van der Waals surface area contributed by atoms with Crippen molar-refractivity contribution in [1.82, 2.24) is 10.3 Å². The third kappa shape index (κ3) is 4.90. The van der Waals surface area contributed by atoms with Crippen LogP contribution in [0.4, 0.5) is 26.3 Å². The van der Waals surface area contributed by atoms with Crippen LogP contribution >= 0.6 is 11.3 Å². The van der Waals surface area contributed by atoms with Crippen molar-refractivity contribution in [2.24, 2.45) is 11.1 Å². The molecule has 0 saturated heterocycles. The lowest BCUT2D eigenvalue weighted by atomic mass is 9.86. The molecule has 0 aliphatic carbocycles. The number of aliphatic hydroxyl groups is 1. The van der Waals surface area contributed by atoms with Crippen molar-refractivity contribution in [2.75, 3.05) is 6.54 Å². The first-order chi connectivity index (χ1) is 17.3. The number of halogens is 6. The summed E-state index contributed by atoms with van der Waals surface area (Å²) in [5.74, 6) is -3.24. The zero-order valence-electron chi connectivity index (χ0n) is 19.5. The van der Waals surface area contributed by atoms with Crippen molar-refractivity contribution in [2.45, 2.75) is 31.8 Å². The minimum atomic E-state index is -6.14. The summed E-state index contributed by atoms with van der Waals surface area (Å²) in [5.41, 5.74) is -3.47. The number of primary amides is 1. The molecule has 5 N–H and O–H groups in total. The lowest BCUT2D eigenvalue weighted by molar-refractivity contribution is -0.375. The molecule has 2 aromatic carbocycles. The number of hydrogen-bond donors (Lipinski definition) is 4. The van der Waals surface area contributed by atoms with Gasteiger partial charge in [0.2, 0.25) is 5.91 Å². The van der Waals surface area contributed by atoms with E-state index in [1.54, 1.807) is 0 Å². The Kier molecular flexibility index (Phi) is 7.24. The summed E-state index contributed by atoms with van der Waals surface area (Å²) in [4.78, 5) is 39.5. The van der Waals surface area contributed by atoms with Crippen molar-refractivity contribution < 1.29 is 50.9 Å². The largest absolute Gasteiger partial charge is 0.476 e. The van der Waals surface area contributed by atoms with Gasteiger partial charge >= 0.3 is 18.3 Å². The average molecular weight is 563 g/mol. The van der Waals surface area contributed by atoms with Crippen LogP contribution in [0, 0.1) is 5.41 Å². The van der Waals surface area contributed by atoms with E-state index in [-0.39, 0.29) is 22.4 Å². The Morgan fingerprint density at radius 2 is 1.53 bits per heavy atom. The van der Waals surface area contributed by atoms with E-state index in [4.69, 9.17) is 5.73 Å². The van der Waals surface area contributed by atoms with E-state index in [1.165, 1.54) is 19.9 Å². The SMILES string of the molecule is CC(C)(CNC(=O)c1nc(C(=O)O)c(-c2ccc(C(O)(C(F)(F)F)C(F)(F)F)c3ccccc23)s1)C(N)=O. The van der Waals surface area contributed by atoms with Gasteiger partial charge in [0.15, 0.2) is 10.7 Å². The summed E-state index contributed by atoms with van der Waals surface area (Å²) < 4.78 is 81.5. The highest BCUT2D eigenvalue weighted by molar-refractivity contribution is 7.17. The number of carboxylic acid groups (broad SMARTS) is 1. The van der Waals surface area contributed by atoms with Gasteiger partial charge in [-0.3, -0.25) is 9.59 Å². The fraction of sp³-hybridized carbons (Fsp3) is 0.304.